The van der Waals surface area contributed by atoms with Crippen molar-refractivity contribution < 1.29 is 40.6 Å². The van der Waals surface area contributed by atoms with Gasteiger partial charge >= 0.3 is 18.3 Å². The van der Waals surface area contributed by atoms with Crippen molar-refractivity contribution in [2.24, 2.45) is 0 Å². The monoisotopic (exact) mass is 529 g/mol. The van der Waals surface area contributed by atoms with Crippen LogP contribution in [0, 0.1) is 0 Å². The third-order valence-corrected chi connectivity index (χ3v) is 5.94. The Kier molecular flexibility index (Phi) is 8.81. The van der Waals surface area contributed by atoms with E-state index in [9.17, 15) is 31.1 Å². The number of unbranched alkanes of at least 4 members (excludes halogenated alkanes) is 2. The Morgan fingerprint density at radius 2 is 1.59 bits per heavy atom. The molecule has 0 atom stereocenters. The Bertz CT molecular complexity index is 1190. The number of ether oxygens (including phenoxy) is 2. The van der Waals surface area contributed by atoms with Gasteiger partial charge in [-0.15, -0.1) is 0 Å². The maximum atomic E-state index is 14.0. The number of hydrogen-bond donors (Lipinski definition) is 1. The van der Waals surface area contributed by atoms with Crippen LogP contribution in [-0.4, -0.2) is 17.6 Å². The molecule has 0 spiro atoms. The Morgan fingerprint density at radius 3 is 2.16 bits per heavy atom. The standard InChI is InChI=1S/C27H29F6NO3/c1-4-36-24(35)9-7-5-6-8-17-12-21(26(28,29)30)25(22(13-17)27(31,32)33)37-18-10-11-23-19(14-18)20(15-34-23)16(2)3/h10-16,34H,4-9H2,1-3H3. The Labute approximate surface area is 211 Å². The average Bonchev–Trinajstić information content (AvgIpc) is 3.22. The molecule has 0 amide bonds. The van der Waals surface area contributed by atoms with E-state index in [0.29, 0.717) is 42.3 Å². The largest absolute Gasteiger partial charge is 0.466 e. The second kappa shape index (κ2) is 11.5. The first-order valence-corrected chi connectivity index (χ1v) is 12.1. The van der Waals surface area contributed by atoms with E-state index >= 15 is 0 Å². The fourth-order valence-corrected chi connectivity index (χ4v) is 4.15. The number of halogens is 6. The number of hydrogen-bond acceptors (Lipinski definition) is 3. The first-order chi connectivity index (χ1) is 17.3. The first kappa shape index (κ1) is 28.4. The van der Waals surface area contributed by atoms with E-state index in [2.05, 4.69) is 4.98 Å². The second-order valence-corrected chi connectivity index (χ2v) is 9.09. The molecule has 1 aromatic heterocycles. The molecule has 0 radical (unpaired) electrons. The van der Waals surface area contributed by atoms with Gasteiger partial charge in [0.15, 0.2) is 5.75 Å². The number of rotatable bonds is 10. The van der Waals surface area contributed by atoms with Gasteiger partial charge in [-0.05, 0) is 73.6 Å². The molecule has 0 bridgehead atoms. The lowest BCUT2D eigenvalue weighted by atomic mass is 9.98. The van der Waals surface area contributed by atoms with Gasteiger partial charge in [0, 0.05) is 23.5 Å². The highest BCUT2D eigenvalue weighted by atomic mass is 19.4. The summed E-state index contributed by atoms with van der Waals surface area (Å²) < 4.78 is 94.0. The number of aromatic amines is 1. The van der Waals surface area contributed by atoms with E-state index in [1.165, 1.54) is 12.1 Å². The Morgan fingerprint density at radius 1 is 0.946 bits per heavy atom. The van der Waals surface area contributed by atoms with Gasteiger partial charge < -0.3 is 14.5 Å². The van der Waals surface area contributed by atoms with Gasteiger partial charge in [-0.2, -0.15) is 26.3 Å². The molecular formula is C27H29F6NO3. The van der Waals surface area contributed by atoms with Crippen LogP contribution in [0.4, 0.5) is 26.3 Å². The predicted molar refractivity (Wildman–Crippen MR) is 128 cm³/mol. The summed E-state index contributed by atoms with van der Waals surface area (Å²) in [6.45, 7) is 5.76. The number of esters is 1. The van der Waals surface area contributed by atoms with E-state index in [4.69, 9.17) is 9.47 Å². The SMILES string of the molecule is CCOC(=O)CCCCCc1cc(C(F)(F)F)c(Oc2ccc3[nH]cc(C(C)C)c3c2)c(C(F)(F)F)c1. The molecule has 0 saturated heterocycles. The highest BCUT2D eigenvalue weighted by Gasteiger charge is 2.43. The minimum atomic E-state index is -5.07. The number of carbonyl (C=O) groups excluding carboxylic acids is 1. The molecule has 0 saturated carbocycles. The minimum Gasteiger partial charge on any atom is -0.466 e. The van der Waals surface area contributed by atoms with Crippen molar-refractivity contribution in [3.05, 3.63) is 58.8 Å². The van der Waals surface area contributed by atoms with E-state index in [-0.39, 0.29) is 42.6 Å². The number of fused-ring (bicyclic) bond motifs is 1. The van der Waals surface area contributed by atoms with Gasteiger partial charge in [0.25, 0.3) is 0 Å². The number of aromatic nitrogens is 1. The third kappa shape index (κ3) is 7.20. The number of benzene rings is 2. The molecule has 10 heteroatoms. The molecule has 0 aliphatic rings. The summed E-state index contributed by atoms with van der Waals surface area (Å²) in [5.41, 5.74) is -1.51. The van der Waals surface area contributed by atoms with Gasteiger partial charge in [0.1, 0.15) is 5.75 Å². The summed E-state index contributed by atoms with van der Waals surface area (Å²) in [4.78, 5) is 14.4. The lowest BCUT2D eigenvalue weighted by Gasteiger charge is -2.21. The number of alkyl halides is 6. The zero-order valence-corrected chi connectivity index (χ0v) is 20.8. The van der Waals surface area contributed by atoms with Crippen LogP contribution in [0.5, 0.6) is 11.5 Å². The minimum absolute atomic E-state index is 0.0116. The Hall–Kier alpha value is -3.17. The van der Waals surface area contributed by atoms with Crippen LogP contribution in [-0.2, 0) is 28.3 Å². The van der Waals surface area contributed by atoms with Crippen molar-refractivity contribution in [1.29, 1.82) is 0 Å². The number of carbonyl (C=O) groups is 1. The van der Waals surface area contributed by atoms with E-state index in [0.717, 1.165) is 5.56 Å². The molecule has 3 aromatic rings. The van der Waals surface area contributed by atoms with Gasteiger partial charge in [-0.25, -0.2) is 0 Å². The van der Waals surface area contributed by atoms with Gasteiger partial charge in [0.05, 0.1) is 17.7 Å². The summed E-state index contributed by atoms with van der Waals surface area (Å²) in [6, 6.07) is 5.76. The summed E-state index contributed by atoms with van der Waals surface area (Å²) in [5, 5.41) is 0.661. The fourth-order valence-electron chi connectivity index (χ4n) is 4.15. The van der Waals surface area contributed by atoms with Gasteiger partial charge in [-0.3, -0.25) is 4.79 Å². The Balaban J connectivity index is 1.93. The van der Waals surface area contributed by atoms with E-state index < -0.39 is 29.2 Å². The number of H-pyrrole nitrogens is 1. The molecule has 37 heavy (non-hydrogen) atoms. The maximum absolute atomic E-state index is 14.0. The highest BCUT2D eigenvalue weighted by Crippen LogP contribution is 2.47. The normalized spacial score (nSPS) is 12.4. The molecule has 2 aromatic carbocycles. The van der Waals surface area contributed by atoms with Crippen LogP contribution >= 0.6 is 0 Å². The lowest BCUT2D eigenvalue weighted by molar-refractivity contribution is -0.145. The molecule has 1 heterocycles. The van der Waals surface area contributed by atoms with Crippen molar-refractivity contribution in [3.63, 3.8) is 0 Å². The smallest absolute Gasteiger partial charge is 0.420 e. The average molecular weight is 530 g/mol. The topological polar surface area (TPSA) is 51.3 Å². The van der Waals surface area contributed by atoms with E-state index in [1.54, 1.807) is 19.2 Å². The number of aryl methyl sites for hydroxylation is 1. The maximum Gasteiger partial charge on any atom is 0.420 e. The predicted octanol–water partition coefficient (Wildman–Crippen LogP) is 8.79. The summed E-state index contributed by atoms with van der Waals surface area (Å²) in [6.07, 6.45) is -7.06. The summed E-state index contributed by atoms with van der Waals surface area (Å²) in [7, 11) is 0. The van der Waals surface area contributed by atoms with Crippen LogP contribution < -0.4 is 4.74 Å². The van der Waals surface area contributed by atoms with Gasteiger partial charge in [0.2, 0.25) is 0 Å². The molecular weight excluding hydrogens is 500 g/mol. The molecule has 4 nitrogen and oxygen atoms in total. The lowest BCUT2D eigenvalue weighted by Crippen LogP contribution is -2.15. The van der Waals surface area contributed by atoms with E-state index in [1.807, 2.05) is 13.8 Å². The zero-order chi connectivity index (χ0) is 27.4. The molecule has 0 fully saturated rings. The van der Waals surface area contributed by atoms with Crippen molar-refractivity contribution in [2.45, 2.75) is 71.1 Å². The van der Waals surface area contributed by atoms with Gasteiger partial charge in [-0.1, -0.05) is 20.3 Å². The first-order valence-electron chi connectivity index (χ1n) is 12.1. The van der Waals surface area contributed by atoms with Crippen molar-refractivity contribution >= 4 is 16.9 Å². The van der Waals surface area contributed by atoms with Crippen LogP contribution in [0.2, 0.25) is 0 Å². The fraction of sp³-hybridized carbons (Fsp3) is 0.444. The molecule has 0 unspecified atom stereocenters. The van der Waals surface area contributed by atoms with Crippen molar-refractivity contribution in [2.75, 3.05) is 6.61 Å². The molecule has 0 aliphatic carbocycles. The van der Waals surface area contributed by atoms with Crippen molar-refractivity contribution in [3.8, 4) is 11.5 Å². The summed E-state index contributed by atoms with van der Waals surface area (Å²) in [5.74, 6) is -1.71. The van der Waals surface area contributed by atoms with Crippen LogP contribution in [0.25, 0.3) is 10.9 Å². The molecule has 0 aliphatic heterocycles. The third-order valence-electron chi connectivity index (χ3n) is 5.94. The summed E-state index contributed by atoms with van der Waals surface area (Å²) >= 11 is 0. The highest BCUT2D eigenvalue weighted by molar-refractivity contribution is 5.85. The molecule has 1 N–H and O–H groups in total. The second-order valence-electron chi connectivity index (χ2n) is 9.09. The molecule has 202 valence electrons. The van der Waals surface area contributed by atoms with Crippen LogP contribution in [0.1, 0.15) is 74.6 Å². The number of nitrogens with one attached hydrogen (secondary N) is 1. The van der Waals surface area contributed by atoms with Crippen LogP contribution in [0.15, 0.2) is 36.5 Å². The van der Waals surface area contributed by atoms with Crippen molar-refractivity contribution in [1.82, 2.24) is 4.98 Å². The quantitative estimate of drug-likeness (QED) is 0.162. The zero-order valence-electron chi connectivity index (χ0n) is 20.8. The molecule has 3 rings (SSSR count). The van der Waals surface area contributed by atoms with Crippen LogP contribution in [0.3, 0.4) is 0 Å².